The molecule has 1 saturated heterocycles. The maximum Gasteiger partial charge on any atom is 0.278 e. The lowest BCUT2D eigenvalue weighted by Gasteiger charge is -2.26. The molecule has 1 amide bonds. The van der Waals surface area contributed by atoms with Crippen molar-refractivity contribution in [3.05, 3.63) is 35.4 Å². The largest absolute Gasteiger partial charge is 0.350 e. The van der Waals surface area contributed by atoms with Gasteiger partial charge in [0.1, 0.15) is 0 Å². The topological polar surface area (TPSA) is 38.8 Å². The molecule has 3 rings (SSSR count). The van der Waals surface area contributed by atoms with Gasteiger partial charge < -0.3 is 4.74 Å². The number of carbonyl (C=O) groups excluding carboxylic acids is 1. The van der Waals surface area contributed by atoms with E-state index in [2.05, 4.69) is 0 Å². The van der Waals surface area contributed by atoms with Gasteiger partial charge in [0.2, 0.25) is 0 Å². The Balaban J connectivity index is 1.69. The second kappa shape index (κ2) is 4.47. The molecule has 1 aromatic carbocycles. The number of fused-ring (bicyclic) bond motifs is 1. The summed E-state index contributed by atoms with van der Waals surface area (Å²) in [6.45, 7) is 1.24. The monoisotopic (exact) mass is 233 g/mol. The van der Waals surface area contributed by atoms with Crippen LogP contribution < -0.4 is 0 Å². The van der Waals surface area contributed by atoms with Crippen LogP contribution >= 0.6 is 0 Å². The number of rotatable bonds is 2. The highest BCUT2D eigenvalue weighted by molar-refractivity contribution is 5.97. The minimum Gasteiger partial charge on any atom is -0.350 e. The van der Waals surface area contributed by atoms with Crippen molar-refractivity contribution in [2.24, 2.45) is 0 Å². The van der Waals surface area contributed by atoms with Gasteiger partial charge in [0.05, 0.1) is 6.54 Å². The molecule has 0 aromatic heterocycles. The Bertz CT molecular complexity index is 426. The molecule has 0 N–H and O–H groups in total. The first-order chi connectivity index (χ1) is 8.34. The number of hydroxylamine groups is 2. The molecule has 0 spiro atoms. The Morgan fingerprint density at radius 3 is 2.94 bits per heavy atom. The lowest BCUT2D eigenvalue weighted by molar-refractivity contribution is -0.268. The van der Waals surface area contributed by atoms with Crippen LogP contribution in [0.3, 0.4) is 0 Å². The van der Waals surface area contributed by atoms with Crippen LogP contribution in [-0.4, -0.2) is 23.9 Å². The minimum absolute atomic E-state index is 0.0604. The lowest BCUT2D eigenvalue weighted by Crippen LogP contribution is -2.33. The van der Waals surface area contributed by atoms with E-state index in [4.69, 9.17) is 9.57 Å². The summed E-state index contributed by atoms with van der Waals surface area (Å²) >= 11 is 0. The predicted octanol–water partition coefficient (Wildman–Crippen LogP) is 2.10. The van der Waals surface area contributed by atoms with Crippen LogP contribution in [-0.2, 0) is 16.1 Å². The van der Waals surface area contributed by atoms with Crippen LogP contribution in [0.25, 0.3) is 0 Å². The van der Waals surface area contributed by atoms with Crippen molar-refractivity contribution in [1.82, 2.24) is 5.06 Å². The number of carbonyl (C=O) groups is 1. The average molecular weight is 233 g/mol. The van der Waals surface area contributed by atoms with Crippen LogP contribution in [0.2, 0.25) is 0 Å². The SMILES string of the molecule is O=C1c2ccccc2CN1OC1CCCCO1. The van der Waals surface area contributed by atoms with Crippen molar-refractivity contribution in [3.8, 4) is 0 Å². The molecule has 0 saturated carbocycles. The highest BCUT2D eigenvalue weighted by Gasteiger charge is 2.30. The van der Waals surface area contributed by atoms with E-state index in [1.54, 1.807) is 0 Å². The molecule has 2 aliphatic heterocycles. The molecule has 90 valence electrons. The molecule has 17 heavy (non-hydrogen) atoms. The Labute approximate surface area is 100 Å². The zero-order valence-electron chi connectivity index (χ0n) is 9.59. The van der Waals surface area contributed by atoms with Crippen molar-refractivity contribution in [2.45, 2.75) is 32.1 Å². The van der Waals surface area contributed by atoms with E-state index in [1.807, 2.05) is 24.3 Å². The second-order valence-corrected chi connectivity index (χ2v) is 4.40. The molecule has 2 aliphatic rings. The van der Waals surface area contributed by atoms with Crippen LogP contribution in [0.15, 0.2) is 24.3 Å². The van der Waals surface area contributed by atoms with E-state index in [1.165, 1.54) is 5.06 Å². The van der Waals surface area contributed by atoms with Crippen molar-refractivity contribution in [2.75, 3.05) is 6.61 Å². The number of hydrogen-bond donors (Lipinski definition) is 0. The average Bonchev–Trinajstić information content (AvgIpc) is 2.68. The molecule has 0 bridgehead atoms. The van der Waals surface area contributed by atoms with Gasteiger partial charge in [-0.05, 0) is 24.5 Å². The molecule has 0 aliphatic carbocycles. The Hall–Kier alpha value is -1.39. The third kappa shape index (κ3) is 2.06. The Morgan fingerprint density at radius 1 is 1.29 bits per heavy atom. The fourth-order valence-electron chi connectivity index (χ4n) is 2.25. The number of hydrogen-bond acceptors (Lipinski definition) is 3. The maximum absolute atomic E-state index is 12.0. The molecule has 2 heterocycles. The van der Waals surface area contributed by atoms with Crippen LogP contribution in [0.1, 0.15) is 35.2 Å². The number of benzene rings is 1. The fraction of sp³-hybridized carbons (Fsp3) is 0.462. The number of ether oxygens (including phenoxy) is 1. The zero-order valence-corrected chi connectivity index (χ0v) is 9.59. The summed E-state index contributed by atoms with van der Waals surface area (Å²) in [6, 6.07) is 7.60. The van der Waals surface area contributed by atoms with E-state index in [-0.39, 0.29) is 12.2 Å². The summed E-state index contributed by atoms with van der Waals surface area (Å²) in [5.41, 5.74) is 1.76. The van der Waals surface area contributed by atoms with Crippen LogP contribution in [0.5, 0.6) is 0 Å². The summed E-state index contributed by atoms with van der Waals surface area (Å²) < 4.78 is 5.47. The van der Waals surface area contributed by atoms with E-state index in [0.29, 0.717) is 6.54 Å². The van der Waals surface area contributed by atoms with Crippen molar-refractivity contribution < 1.29 is 14.4 Å². The van der Waals surface area contributed by atoms with E-state index >= 15 is 0 Å². The molecule has 0 radical (unpaired) electrons. The molecule has 1 aromatic rings. The molecule has 4 heteroatoms. The van der Waals surface area contributed by atoms with Gasteiger partial charge in [0.15, 0.2) is 6.29 Å². The van der Waals surface area contributed by atoms with Gasteiger partial charge >= 0.3 is 0 Å². The van der Waals surface area contributed by atoms with Gasteiger partial charge in [0, 0.05) is 18.6 Å². The first-order valence-electron chi connectivity index (χ1n) is 6.03. The van der Waals surface area contributed by atoms with E-state index < -0.39 is 0 Å². The van der Waals surface area contributed by atoms with Crippen molar-refractivity contribution in [3.63, 3.8) is 0 Å². The molecule has 4 nitrogen and oxygen atoms in total. The predicted molar refractivity (Wildman–Crippen MR) is 61.0 cm³/mol. The highest BCUT2D eigenvalue weighted by atomic mass is 16.8. The summed E-state index contributed by atoms with van der Waals surface area (Å²) in [6.07, 6.45) is 2.77. The summed E-state index contributed by atoms with van der Waals surface area (Å²) in [5, 5.41) is 1.42. The molecule has 1 atom stereocenters. The molecule has 1 unspecified atom stereocenters. The fourth-order valence-corrected chi connectivity index (χ4v) is 2.25. The number of nitrogens with zero attached hydrogens (tertiary/aromatic N) is 1. The summed E-state index contributed by atoms with van der Waals surface area (Å²) in [4.78, 5) is 17.6. The summed E-state index contributed by atoms with van der Waals surface area (Å²) in [5.74, 6) is -0.0604. The third-order valence-corrected chi connectivity index (χ3v) is 3.17. The minimum atomic E-state index is -0.262. The van der Waals surface area contributed by atoms with Crippen LogP contribution in [0, 0.1) is 0 Å². The van der Waals surface area contributed by atoms with Crippen molar-refractivity contribution >= 4 is 5.91 Å². The van der Waals surface area contributed by atoms with Crippen molar-refractivity contribution in [1.29, 1.82) is 0 Å². The van der Waals surface area contributed by atoms with Crippen LogP contribution in [0.4, 0.5) is 0 Å². The first-order valence-corrected chi connectivity index (χ1v) is 6.03. The van der Waals surface area contributed by atoms with E-state index in [9.17, 15) is 4.79 Å². The lowest BCUT2D eigenvalue weighted by atomic mass is 10.1. The number of amides is 1. The maximum atomic E-state index is 12.0. The van der Waals surface area contributed by atoms with E-state index in [0.717, 1.165) is 37.0 Å². The van der Waals surface area contributed by atoms with Gasteiger partial charge in [-0.25, -0.2) is 9.90 Å². The normalized spacial score (nSPS) is 23.9. The molecular formula is C13H15NO3. The smallest absolute Gasteiger partial charge is 0.278 e. The third-order valence-electron chi connectivity index (χ3n) is 3.17. The quantitative estimate of drug-likeness (QED) is 0.785. The van der Waals surface area contributed by atoms with Gasteiger partial charge in [0.25, 0.3) is 5.91 Å². The highest BCUT2D eigenvalue weighted by Crippen LogP contribution is 2.25. The van der Waals surface area contributed by atoms with Gasteiger partial charge in [-0.15, -0.1) is 0 Å². The zero-order chi connectivity index (χ0) is 11.7. The van der Waals surface area contributed by atoms with Gasteiger partial charge in [-0.3, -0.25) is 4.79 Å². The second-order valence-electron chi connectivity index (χ2n) is 4.40. The molecular weight excluding hydrogens is 218 g/mol. The van der Waals surface area contributed by atoms with Gasteiger partial charge in [-0.1, -0.05) is 18.2 Å². The molecule has 1 fully saturated rings. The Kier molecular flexibility index (Phi) is 2.82. The standard InChI is InChI=1S/C13H15NO3/c15-13-11-6-2-1-5-10(11)9-14(13)17-12-7-3-4-8-16-12/h1-2,5-6,12H,3-4,7-9H2. The first kappa shape index (κ1) is 10.7. The summed E-state index contributed by atoms with van der Waals surface area (Å²) in [7, 11) is 0. The van der Waals surface area contributed by atoms with Gasteiger partial charge in [-0.2, -0.15) is 0 Å². The Morgan fingerprint density at radius 2 is 2.18 bits per heavy atom.